The molecule has 0 aliphatic carbocycles. The van der Waals surface area contributed by atoms with Gasteiger partial charge in [0.15, 0.2) is 0 Å². The van der Waals surface area contributed by atoms with E-state index in [4.69, 9.17) is 0 Å². The zero-order valence-electron chi connectivity index (χ0n) is 13.9. The second kappa shape index (κ2) is 7.82. The van der Waals surface area contributed by atoms with Gasteiger partial charge in [-0.3, -0.25) is 0 Å². The molecule has 1 aliphatic rings. The maximum Gasteiger partial charge on any atom is 0.401 e. The van der Waals surface area contributed by atoms with Crippen LogP contribution in [-0.4, -0.2) is 43.3 Å². The van der Waals surface area contributed by atoms with Crippen LogP contribution in [0.1, 0.15) is 53.4 Å². The molecule has 0 aromatic rings. The molecule has 0 amide bonds. The molecule has 1 rings (SSSR count). The summed E-state index contributed by atoms with van der Waals surface area (Å²) >= 11 is 0. The van der Waals surface area contributed by atoms with E-state index in [1.807, 2.05) is 0 Å². The first kappa shape index (κ1) is 18.8. The third kappa shape index (κ3) is 8.67. The van der Waals surface area contributed by atoms with Gasteiger partial charge in [0, 0.05) is 19.1 Å². The minimum atomic E-state index is -4.12. The summed E-state index contributed by atoms with van der Waals surface area (Å²) in [6.07, 6.45) is 0.0519. The summed E-state index contributed by atoms with van der Waals surface area (Å²) in [4.78, 5) is 2.34. The van der Waals surface area contributed by atoms with Gasteiger partial charge in [-0.15, -0.1) is 0 Å². The first-order valence-corrected chi connectivity index (χ1v) is 8.11. The van der Waals surface area contributed by atoms with Gasteiger partial charge >= 0.3 is 6.18 Å². The molecule has 2 atom stereocenters. The Bertz CT molecular complexity index is 297. The van der Waals surface area contributed by atoms with Gasteiger partial charge in [0.2, 0.25) is 0 Å². The van der Waals surface area contributed by atoms with Crippen molar-refractivity contribution < 1.29 is 13.2 Å². The number of halogens is 3. The molecular weight excluding hydrogens is 277 g/mol. The van der Waals surface area contributed by atoms with Gasteiger partial charge in [0.25, 0.3) is 0 Å². The molecule has 0 bridgehead atoms. The number of likely N-dealkylation sites (tertiary alicyclic amines) is 1. The van der Waals surface area contributed by atoms with Crippen LogP contribution < -0.4 is 5.32 Å². The van der Waals surface area contributed by atoms with E-state index in [0.29, 0.717) is 5.92 Å². The van der Waals surface area contributed by atoms with Crippen LogP contribution in [0.3, 0.4) is 0 Å². The van der Waals surface area contributed by atoms with Gasteiger partial charge in [-0.2, -0.15) is 13.2 Å². The standard InChI is InChI=1S/C16H31F3N2/c1-5-6-7-21-10-13(9-15(2,3)4)8-14(11-21)20-12-16(17,18)19/h13-14,20H,5-12H2,1-4H3. The molecule has 1 N–H and O–H groups in total. The fourth-order valence-electron chi connectivity index (χ4n) is 3.29. The predicted molar refractivity (Wildman–Crippen MR) is 81.4 cm³/mol. The molecule has 1 aliphatic heterocycles. The summed E-state index contributed by atoms with van der Waals surface area (Å²) in [5.41, 5.74) is 0.229. The van der Waals surface area contributed by atoms with E-state index in [1.54, 1.807) is 0 Å². The monoisotopic (exact) mass is 308 g/mol. The smallest absolute Gasteiger partial charge is 0.305 e. The van der Waals surface area contributed by atoms with Crippen LogP contribution in [0, 0.1) is 11.3 Å². The highest BCUT2D eigenvalue weighted by Crippen LogP contribution is 2.30. The molecule has 1 saturated heterocycles. The first-order chi connectivity index (χ1) is 9.59. The Kier molecular flexibility index (Phi) is 6.98. The molecule has 0 aromatic heterocycles. The fourth-order valence-corrected chi connectivity index (χ4v) is 3.29. The fraction of sp³-hybridized carbons (Fsp3) is 1.00. The van der Waals surface area contributed by atoms with Gasteiger partial charge in [-0.25, -0.2) is 0 Å². The van der Waals surface area contributed by atoms with Crippen LogP contribution in [0.2, 0.25) is 0 Å². The summed E-state index contributed by atoms with van der Waals surface area (Å²) in [6.45, 7) is 10.7. The molecule has 5 heteroatoms. The summed E-state index contributed by atoms with van der Waals surface area (Å²) in [7, 11) is 0. The number of hydrogen-bond donors (Lipinski definition) is 1. The second-order valence-corrected chi connectivity index (χ2v) is 7.67. The van der Waals surface area contributed by atoms with Crippen molar-refractivity contribution in [2.45, 2.75) is 65.6 Å². The quantitative estimate of drug-likeness (QED) is 0.796. The maximum atomic E-state index is 12.4. The Balaban J connectivity index is 2.56. The first-order valence-electron chi connectivity index (χ1n) is 8.11. The van der Waals surface area contributed by atoms with Gasteiger partial charge in [-0.1, -0.05) is 34.1 Å². The molecular formula is C16H31F3N2. The van der Waals surface area contributed by atoms with E-state index < -0.39 is 12.7 Å². The highest BCUT2D eigenvalue weighted by Gasteiger charge is 2.33. The highest BCUT2D eigenvalue weighted by atomic mass is 19.4. The predicted octanol–water partition coefficient (Wildman–Crippen LogP) is 4.07. The normalized spacial score (nSPS) is 25.3. The van der Waals surface area contributed by atoms with Gasteiger partial charge in [-0.05, 0) is 37.1 Å². The van der Waals surface area contributed by atoms with Crippen molar-refractivity contribution in [1.29, 1.82) is 0 Å². The topological polar surface area (TPSA) is 15.3 Å². The van der Waals surface area contributed by atoms with E-state index in [-0.39, 0.29) is 11.5 Å². The van der Waals surface area contributed by atoms with Crippen molar-refractivity contribution >= 4 is 0 Å². The number of rotatable bonds is 6. The van der Waals surface area contributed by atoms with E-state index in [1.165, 1.54) is 0 Å². The minimum absolute atomic E-state index is 0.0374. The average molecular weight is 308 g/mol. The van der Waals surface area contributed by atoms with E-state index in [2.05, 4.69) is 37.9 Å². The lowest BCUT2D eigenvalue weighted by molar-refractivity contribution is -0.127. The summed E-state index contributed by atoms with van der Waals surface area (Å²) in [6, 6.07) is -0.0374. The van der Waals surface area contributed by atoms with Crippen LogP contribution in [0.15, 0.2) is 0 Å². The zero-order valence-corrected chi connectivity index (χ0v) is 13.9. The van der Waals surface area contributed by atoms with Crippen molar-refractivity contribution in [1.82, 2.24) is 10.2 Å². The molecule has 2 nitrogen and oxygen atoms in total. The Morgan fingerprint density at radius 1 is 1.14 bits per heavy atom. The molecule has 126 valence electrons. The van der Waals surface area contributed by atoms with Crippen LogP contribution in [0.5, 0.6) is 0 Å². The van der Waals surface area contributed by atoms with E-state index in [9.17, 15) is 13.2 Å². The summed E-state index contributed by atoms with van der Waals surface area (Å²) in [5.74, 6) is 0.487. The summed E-state index contributed by atoms with van der Waals surface area (Å²) in [5, 5.41) is 2.72. The lowest BCUT2D eigenvalue weighted by Crippen LogP contribution is -2.51. The molecule has 0 spiro atoms. The molecule has 21 heavy (non-hydrogen) atoms. The largest absolute Gasteiger partial charge is 0.401 e. The Morgan fingerprint density at radius 3 is 2.33 bits per heavy atom. The van der Waals surface area contributed by atoms with Crippen LogP contribution in [-0.2, 0) is 0 Å². The van der Waals surface area contributed by atoms with Crippen molar-refractivity contribution in [3.05, 3.63) is 0 Å². The van der Waals surface area contributed by atoms with Crippen LogP contribution in [0.25, 0.3) is 0 Å². The van der Waals surface area contributed by atoms with Gasteiger partial charge in [0.05, 0.1) is 6.54 Å². The van der Waals surface area contributed by atoms with E-state index >= 15 is 0 Å². The lowest BCUT2D eigenvalue weighted by atomic mass is 9.80. The number of alkyl halides is 3. The number of nitrogens with one attached hydrogen (secondary N) is 1. The molecule has 2 unspecified atom stereocenters. The molecule has 0 radical (unpaired) electrons. The van der Waals surface area contributed by atoms with E-state index in [0.717, 1.165) is 45.3 Å². The van der Waals surface area contributed by atoms with Crippen LogP contribution >= 0.6 is 0 Å². The minimum Gasteiger partial charge on any atom is -0.305 e. The SMILES string of the molecule is CCCCN1CC(CC(C)(C)C)CC(NCC(F)(F)F)C1. The summed E-state index contributed by atoms with van der Waals surface area (Å²) < 4.78 is 37.2. The van der Waals surface area contributed by atoms with Crippen LogP contribution in [0.4, 0.5) is 13.2 Å². The van der Waals surface area contributed by atoms with Crippen molar-refractivity contribution in [2.75, 3.05) is 26.2 Å². The third-order valence-electron chi connectivity index (χ3n) is 3.93. The number of hydrogen-bond acceptors (Lipinski definition) is 2. The highest BCUT2D eigenvalue weighted by molar-refractivity contribution is 4.86. The van der Waals surface area contributed by atoms with Crippen molar-refractivity contribution in [3.63, 3.8) is 0 Å². The Morgan fingerprint density at radius 2 is 1.81 bits per heavy atom. The average Bonchev–Trinajstić information content (AvgIpc) is 2.31. The Hall–Kier alpha value is -0.290. The van der Waals surface area contributed by atoms with Gasteiger partial charge < -0.3 is 10.2 Å². The molecule has 1 heterocycles. The van der Waals surface area contributed by atoms with Crippen molar-refractivity contribution in [2.24, 2.45) is 11.3 Å². The lowest BCUT2D eigenvalue weighted by Gasteiger charge is -2.40. The number of piperidine rings is 1. The second-order valence-electron chi connectivity index (χ2n) is 7.67. The molecule has 0 saturated carbocycles. The van der Waals surface area contributed by atoms with Gasteiger partial charge in [0.1, 0.15) is 0 Å². The molecule has 0 aromatic carbocycles. The number of nitrogens with zero attached hydrogens (tertiary/aromatic N) is 1. The zero-order chi connectivity index (χ0) is 16.1. The number of unbranched alkanes of at least 4 members (excludes halogenated alkanes) is 1. The third-order valence-corrected chi connectivity index (χ3v) is 3.93. The molecule has 1 fully saturated rings. The maximum absolute atomic E-state index is 12.4. The van der Waals surface area contributed by atoms with Crippen molar-refractivity contribution in [3.8, 4) is 0 Å². The Labute approximate surface area is 127 Å².